The van der Waals surface area contributed by atoms with E-state index in [1.165, 1.54) is 84.0 Å². The van der Waals surface area contributed by atoms with Gasteiger partial charge >= 0.3 is 0 Å². The molecule has 4 aromatic rings. The van der Waals surface area contributed by atoms with Gasteiger partial charge < -0.3 is 0 Å². The standard InChI is InChI=1S/C40H49NO2S3Si/c1-5-7-16-28(6-2)25-47(30-20-12-9-13-21-30)32-23-26(3)44-37(32)38-33(47)24-31(46-38)36-35-34(27(4)45-36)39(42)41(40(35)43)22-15-14-19-29-17-10-8-11-18-29/h8,10-11,17-18,23-24,28,30H,5-7,9,12-16,19-22,25H2,1-4H3. The lowest BCUT2D eigenvalue weighted by atomic mass is 10.00. The zero-order valence-electron chi connectivity index (χ0n) is 28.6. The molecule has 0 radical (unpaired) electrons. The molecule has 5 heterocycles. The lowest BCUT2D eigenvalue weighted by Crippen LogP contribution is -2.59. The van der Waals surface area contributed by atoms with Crippen LogP contribution in [0.5, 0.6) is 0 Å². The molecule has 2 amide bonds. The number of fused-ring (bicyclic) bond motifs is 4. The zero-order chi connectivity index (χ0) is 32.7. The van der Waals surface area contributed by atoms with Gasteiger partial charge in [-0.3, -0.25) is 14.5 Å². The molecule has 7 rings (SSSR count). The smallest absolute Gasteiger partial charge is 0.263 e. The predicted octanol–water partition coefficient (Wildman–Crippen LogP) is 10.9. The molecule has 0 N–H and O–H groups in total. The average Bonchev–Trinajstić information content (AvgIpc) is 3.87. The Balaban J connectivity index is 1.24. The highest BCUT2D eigenvalue weighted by molar-refractivity contribution is 7.32. The molecule has 2 unspecified atom stereocenters. The van der Waals surface area contributed by atoms with Crippen molar-refractivity contribution in [1.82, 2.24) is 4.90 Å². The number of unbranched alkanes of at least 4 members (excludes halogenated alkanes) is 2. The number of amides is 2. The van der Waals surface area contributed by atoms with E-state index in [9.17, 15) is 9.59 Å². The van der Waals surface area contributed by atoms with E-state index in [1.807, 2.05) is 35.7 Å². The molecule has 2 atom stereocenters. The maximum atomic E-state index is 14.0. The van der Waals surface area contributed by atoms with Crippen molar-refractivity contribution in [1.29, 1.82) is 0 Å². The first-order valence-corrected chi connectivity index (χ1v) is 22.9. The van der Waals surface area contributed by atoms with Crippen LogP contribution in [0.25, 0.3) is 19.5 Å². The van der Waals surface area contributed by atoms with Crippen molar-refractivity contribution in [2.75, 3.05) is 6.54 Å². The minimum absolute atomic E-state index is 0.0771. The van der Waals surface area contributed by atoms with Crippen LogP contribution in [0.2, 0.25) is 11.6 Å². The maximum absolute atomic E-state index is 14.0. The molecule has 3 nitrogen and oxygen atoms in total. The highest BCUT2D eigenvalue weighted by atomic mass is 32.1. The second-order valence-corrected chi connectivity index (χ2v) is 22.1. The molecule has 1 fully saturated rings. The monoisotopic (exact) mass is 699 g/mol. The first kappa shape index (κ1) is 33.2. The van der Waals surface area contributed by atoms with Crippen LogP contribution in [0, 0.1) is 19.8 Å². The lowest BCUT2D eigenvalue weighted by molar-refractivity contribution is 0.0652. The number of carbonyl (C=O) groups excluding carboxylic acids is 2. The second-order valence-electron chi connectivity index (χ2n) is 14.3. The van der Waals surface area contributed by atoms with E-state index >= 15 is 0 Å². The Morgan fingerprint density at radius 1 is 0.830 bits per heavy atom. The number of carbonyl (C=O) groups is 2. The van der Waals surface area contributed by atoms with Gasteiger partial charge in [-0.25, -0.2) is 0 Å². The number of hydrogen-bond donors (Lipinski definition) is 0. The minimum atomic E-state index is -2.05. The summed E-state index contributed by atoms with van der Waals surface area (Å²) < 4.78 is 0. The lowest BCUT2D eigenvalue weighted by Gasteiger charge is -2.41. The van der Waals surface area contributed by atoms with E-state index in [2.05, 4.69) is 57.2 Å². The highest BCUT2D eigenvalue weighted by Crippen LogP contribution is 2.53. The topological polar surface area (TPSA) is 37.4 Å². The van der Waals surface area contributed by atoms with Gasteiger partial charge in [0.2, 0.25) is 0 Å². The summed E-state index contributed by atoms with van der Waals surface area (Å²) in [6.45, 7) is 9.60. The molecule has 3 aliphatic rings. The zero-order valence-corrected chi connectivity index (χ0v) is 32.0. The Morgan fingerprint density at radius 3 is 2.30 bits per heavy atom. The number of imide groups is 1. The Hall–Kier alpha value is -2.32. The third kappa shape index (κ3) is 5.87. The van der Waals surface area contributed by atoms with Crippen LogP contribution < -0.4 is 10.4 Å². The van der Waals surface area contributed by atoms with E-state index < -0.39 is 8.07 Å². The van der Waals surface area contributed by atoms with Crippen molar-refractivity contribution in [2.24, 2.45) is 5.92 Å². The van der Waals surface area contributed by atoms with Gasteiger partial charge in [0.1, 0.15) is 8.07 Å². The van der Waals surface area contributed by atoms with Crippen molar-refractivity contribution in [3.05, 3.63) is 68.9 Å². The quantitative estimate of drug-likeness (QED) is 0.0791. The Labute approximate surface area is 294 Å². The average molecular weight is 700 g/mol. The largest absolute Gasteiger partial charge is 0.274 e. The summed E-state index contributed by atoms with van der Waals surface area (Å²) in [5, 5.41) is 3.42. The summed E-state index contributed by atoms with van der Waals surface area (Å²) in [6, 6.07) is 17.0. The Morgan fingerprint density at radius 2 is 1.55 bits per heavy atom. The molecule has 7 heteroatoms. The molecule has 3 aromatic heterocycles. The van der Waals surface area contributed by atoms with Crippen LogP contribution in [0.4, 0.5) is 0 Å². The molecule has 1 saturated carbocycles. The fourth-order valence-electron chi connectivity index (χ4n) is 8.97. The van der Waals surface area contributed by atoms with Gasteiger partial charge in [-0.2, -0.15) is 0 Å². The number of benzene rings is 1. The SMILES string of the molecule is CCCCC(CC)C[Si]1(C2CCCCC2)c2cc(C)sc2-c2sc(-c3sc(C)c4c3C(=O)N(CCCCc3ccccc3)C4=O)cc21. The normalized spacial score (nSPS) is 19.8. The first-order valence-electron chi connectivity index (χ1n) is 18.2. The molecular formula is C40H49NO2S3Si. The molecule has 0 spiro atoms. The first-order chi connectivity index (χ1) is 22.9. The van der Waals surface area contributed by atoms with Crippen molar-refractivity contribution >= 4 is 64.3 Å². The van der Waals surface area contributed by atoms with E-state index in [1.54, 1.807) is 31.5 Å². The van der Waals surface area contributed by atoms with Crippen molar-refractivity contribution in [3.8, 4) is 19.5 Å². The van der Waals surface area contributed by atoms with Gasteiger partial charge in [0, 0.05) is 30.9 Å². The van der Waals surface area contributed by atoms with E-state index in [0.29, 0.717) is 17.7 Å². The summed E-state index contributed by atoms with van der Waals surface area (Å²) in [5.74, 6) is 0.609. The maximum Gasteiger partial charge on any atom is 0.263 e. The van der Waals surface area contributed by atoms with E-state index in [-0.39, 0.29) is 11.8 Å². The van der Waals surface area contributed by atoms with Gasteiger partial charge in [0.15, 0.2) is 0 Å². The van der Waals surface area contributed by atoms with Gasteiger partial charge in [-0.05, 0) is 78.7 Å². The van der Waals surface area contributed by atoms with Gasteiger partial charge in [0.25, 0.3) is 11.8 Å². The van der Waals surface area contributed by atoms with Crippen LogP contribution >= 0.6 is 34.0 Å². The third-order valence-electron chi connectivity index (χ3n) is 11.4. The van der Waals surface area contributed by atoms with E-state index in [0.717, 1.165) is 40.5 Å². The Bertz CT molecular complexity index is 1760. The van der Waals surface area contributed by atoms with Gasteiger partial charge in [-0.1, -0.05) is 102 Å². The number of hydrogen-bond acceptors (Lipinski definition) is 5. The molecular weight excluding hydrogens is 651 g/mol. The summed E-state index contributed by atoms with van der Waals surface area (Å²) >= 11 is 5.61. The minimum Gasteiger partial charge on any atom is -0.274 e. The fourth-order valence-corrected chi connectivity index (χ4v) is 20.8. The second kappa shape index (κ2) is 13.9. The molecule has 1 aliphatic carbocycles. The van der Waals surface area contributed by atoms with Crippen molar-refractivity contribution in [3.63, 3.8) is 0 Å². The summed E-state index contributed by atoms with van der Waals surface area (Å²) in [4.78, 5) is 37.1. The summed E-state index contributed by atoms with van der Waals surface area (Å²) in [6.07, 6.45) is 14.8. The molecule has 47 heavy (non-hydrogen) atoms. The number of aryl methyl sites for hydroxylation is 3. The van der Waals surface area contributed by atoms with Crippen molar-refractivity contribution < 1.29 is 9.59 Å². The van der Waals surface area contributed by atoms with Crippen LogP contribution in [-0.4, -0.2) is 31.3 Å². The fraction of sp³-hybridized carbons (Fsp3) is 0.500. The molecule has 1 aromatic carbocycles. The van der Waals surface area contributed by atoms with Crippen LogP contribution in [0.15, 0.2) is 42.5 Å². The third-order valence-corrected chi connectivity index (χ3v) is 21.3. The molecule has 248 valence electrons. The predicted molar refractivity (Wildman–Crippen MR) is 205 cm³/mol. The van der Waals surface area contributed by atoms with Crippen LogP contribution in [0.1, 0.15) is 121 Å². The van der Waals surface area contributed by atoms with Gasteiger partial charge in [-0.15, -0.1) is 34.0 Å². The van der Waals surface area contributed by atoms with E-state index in [4.69, 9.17) is 0 Å². The Kier molecular flexibility index (Phi) is 9.81. The van der Waals surface area contributed by atoms with Gasteiger partial charge in [0.05, 0.1) is 16.0 Å². The number of nitrogens with zero attached hydrogens (tertiary/aromatic N) is 1. The summed E-state index contributed by atoms with van der Waals surface area (Å²) in [5.41, 5.74) is 3.46. The molecule has 0 bridgehead atoms. The highest BCUT2D eigenvalue weighted by Gasteiger charge is 2.54. The molecule has 0 saturated heterocycles. The number of thiophene rings is 3. The van der Waals surface area contributed by atoms with Crippen LogP contribution in [-0.2, 0) is 6.42 Å². The van der Waals surface area contributed by atoms with Crippen LogP contribution in [0.3, 0.4) is 0 Å². The van der Waals surface area contributed by atoms with Crippen molar-refractivity contribution in [2.45, 2.75) is 116 Å². The summed E-state index contributed by atoms with van der Waals surface area (Å²) in [7, 11) is -2.05. The number of rotatable bonds is 13. The molecule has 2 aliphatic heterocycles.